The second-order valence-electron chi connectivity index (χ2n) is 5.33. The summed E-state index contributed by atoms with van der Waals surface area (Å²) in [6.45, 7) is 0. The van der Waals surface area contributed by atoms with E-state index in [2.05, 4.69) is 33.4 Å². The smallest absolute Gasteiger partial charge is 0.332 e. The molecule has 3 rings (SSSR count). The number of ether oxygens (including phenoxy) is 1. The molecule has 0 saturated carbocycles. The molecule has 0 saturated heterocycles. The Bertz CT molecular complexity index is 659. The molecule has 0 aliphatic heterocycles. The van der Waals surface area contributed by atoms with Gasteiger partial charge in [-0.3, -0.25) is 0 Å². The lowest BCUT2D eigenvalue weighted by Gasteiger charge is -2.28. The van der Waals surface area contributed by atoms with Gasteiger partial charge in [0.1, 0.15) is 5.54 Å². The minimum atomic E-state index is -0.723. The summed E-state index contributed by atoms with van der Waals surface area (Å²) in [6.07, 6.45) is 1.28. The fraction of sp³-hybridized carbons (Fsp3) is 0.235. The number of methoxy groups -OCH3 is 1. The summed E-state index contributed by atoms with van der Waals surface area (Å²) in [4.78, 5) is 12.4. The number of carbonyl (C=O) groups is 1. The number of rotatable bonds is 3. The Morgan fingerprint density at radius 3 is 2.38 bits per heavy atom. The second kappa shape index (κ2) is 5.53. The van der Waals surface area contributed by atoms with Gasteiger partial charge in [-0.05, 0) is 29.3 Å². The van der Waals surface area contributed by atoms with Crippen molar-refractivity contribution in [1.29, 1.82) is 0 Å². The molecule has 4 heteroatoms. The van der Waals surface area contributed by atoms with Crippen molar-refractivity contribution in [2.75, 3.05) is 12.4 Å². The molecular weight excluding hydrogens is 330 g/mol. The molecule has 0 unspecified atom stereocenters. The SMILES string of the molecule is COC(=O)C1(Nc2cccc(Br)c2)Cc2ccccc2C1. The number of benzene rings is 2. The predicted octanol–water partition coefficient (Wildman–Crippen LogP) is 3.57. The van der Waals surface area contributed by atoms with Crippen LogP contribution in [-0.4, -0.2) is 18.6 Å². The topological polar surface area (TPSA) is 38.3 Å². The van der Waals surface area contributed by atoms with E-state index < -0.39 is 5.54 Å². The molecule has 2 aromatic carbocycles. The third kappa shape index (κ3) is 2.68. The number of halogens is 1. The average molecular weight is 346 g/mol. The fourth-order valence-electron chi connectivity index (χ4n) is 2.94. The molecule has 3 nitrogen and oxygen atoms in total. The van der Waals surface area contributed by atoms with Crippen LogP contribution in [0.1, 0.15) is 11.1 Å². The molecule has 0 aromatic heterocycles. The molecule has 0 spiro atoms. The van der Waals surface area contributed by atoms with Gasteiger partial charge in [-0.15, -0.1) is 0 Å². The van der Waals surface area contributed by atoms with Gasteiger partial charge in [0.25, 0.3) is 0 Å². The maximum absolute atomic E-state index is 12.4. The van der Waals surface area contributed by atoms with Crippen molar-refractivity contribution in [3.05, 3.63) is 64.1 Å². The van der Waals surface area contributed by atoms with E-state index >= 15 is 0 Å². The van der Waals surface area contributed by atoms with Crippen molar-refractivity contribution in [2.45, 2.75) is 18.4 Å². The van der Waals surface area contributed by atoms with Gasteiger partial charge in [-0.25, -0.2) is 4.79 Å². The van der Waals surface area contributed by atoms with E-state index in [1.807, 2.05) is 36.4 Å². The first-order valence-electron chi connectivity index (χ1n) is 6.82. The van der Waals surface area contributed by atoms with E-state index in [1.54, 1.807) is 0 Å². The number of carbonyl (C=O) groups excluding carboxylic acids is 1. The normalized spacial score (nSPS) is 15.3. The Balaban J connectivity index is 1.95. The van der Waals surface area contributed by atoms with Gasteiger partial charge in [0.2, 0.25) is 0 Å². The van der Waals surface area contributed by atoms with E-state index in [-0.39, 0.29) is 5.97 Å². The maximum Gasteiger partial charge on any atom is 0.332 e. The summed E-state index contributed by atoms with van der Waals surface area (Å²) in [5.41, 5.74) is 2.58. The molecular formula is C17H16BrNO2. The first-order chi connectivity index (χ1) is 10.1. The second-order valence-corrected chi connectivity index (χ2v) is 6.25. The zero-order chi connectivity index (χ0) is 14.9. The summed E-state index contributed by atoms with van der Waals surface area (Å²) in [6, 6.07) is 16.0. The van der Waals surface area contributed by atoms with Gasteiger partial charge in [0.05, 0.1) is 7.11 Å². The van der Waals surface area contributed by atoms with Gasteiger partial charge in [-0.1, -0.05) is 46.3 Å². The van der Waals surface area contributed by atoms with Gasteiger partial charge in [0, 0.05) is 23.0 Å². The molecule has 21 heavy (non-hydrogen) atoms. The van der Waals surface area contributed by atoms with Crippen molar-refractivity contribution in [2.24, 2.45) is 0 Å². The summed E-state index contributed by atoms with van der Waals surface area (Å²) in [5, 5.41) is 3.39. The average Bonchev–Trinajstić information content (AvgIpc) is 2.85. The highest BCUT2D eigenvalue weighted by Gasteiger charge is 2.44. The van der Waals surface area contributed by atoms with Crippen LogP contribution in [0.2, 0.25) is 0 Å². The van der Waals surface area contributed by atoms with Gasteiger partial charge >= 0.3 is 5.97 Å². The van der Waals surface area contributed by atoms with E-state index in [4.69, 9.17) is 4.74 Å². The molecule has 1 aliphatic rings. The summed E-state index contributed by atoms with van der Waals surface area (Å²) in [7, 11) is 1.44. The lowest BCUT2D eigenvalue weighted by Crippen LogP contribution is -2.48. The summed E-state index contributed by atoms with van der Waals surface area (Å²) < 4.78 is 6.03. The van der Waals surface area contributed by atoms with Crippen LogP contribution >= 0.6 is 15.9 Å². The first kappa shape index (κ1) is 14.1. The van der Waals surface area contributed by atoms with E-state index in [1.165, 1.54) is 18.2 Å². The Labute approximate surface area is 132 Å². The quantitative estimate of drug-likeness (QED) is 0.864. The zero-order valence-electron chi connectivity index (χ0n) is 11.7. The summed E-state index contributed by atoms with van der Waals surface area (Å²) in [5.74, 6) is -0.223. The number of hydrogen-bond donors (Lipinski definition) is 1. The van der Waals surface area contributed by atoms with Crippen molar-refractivity contribution in [3.63, 3.8) is 0 Å². The largest absolute Gasteiger partial charge is 0.467 e. The molecule has 0 atom stereocenters. The minimum Gasteiger partial charge on any atom is -0.467 e. The highest BCUT2D eigenvalue weighted by molar-refractivity contribution is 9.10. The molecule has 0 radical (unpaired) electrons. The first-order valence-corrected chi connectivity index (χ1v) is 7.61. The zero-order valence-corrected chi connectivity index (χ0v) is 13.3. The molecule has 0 bridgehead atoms. The van der Waals surface area contributed by atoms with Crippen LogP contribution in [0, 0.1) is 0 Å². The Morgan fingerprint density at radius 2 is 1.81 bits per heavy atom. The number of nitrogens with one attached hydrogen (secondary N) is 1. The van der Waals surface area contributed by atoms with Crippen LogP contribution in [0.4, 0.5) is 5.69 Å². The van der Waals surface area contributed by atoms with Crippen LogP contribution < -0.4 is 5.32 Å². The van der Waals surface area contributed by atoms with Crippen molar-refractivity contribution in [1.82, 2.24) is 0 Å². The molecule has 0 heterocycles. The monoisotopic (exact) mass is 345 g/mol. The molecule has 2 aromatic rings. The highest BCUT2D eigenvalue weighted by atomic mass is 79.9. The molecule has 0 fully saturated rings. The Hall–Kier alpha value is -1.81. The van der Waals surface area contributed by atoms with Crippen LogP contribution in [0.5, 0.6) is 0 Å². The summed E-state index contributed by atoms with van der Waals surface area (Å²) >= 11 is 3.46. The lowest BCUT2D eigenvalue weighted by atomic mass is 9.95. The Kier molecular flexibility index (Phi) is 3.72. The molecule has 1 N–H and O–H groups in total. The third-order valence-electron chi connectivity index (χ3n) is 3.89. The number of esters is 1. The molecule has 1 aliphatic carbocycles. The number of anilines is 1. The number of fused-ring (bicyclic) bond motifs is 1. The van der Waals surface area contributed by atoms with E-state index in [9.17, 15) is 4.79 Å². The van der Waals surface area contributed by atoms with Crippen molar-refractivity contribution >= 4 is 27.6 Å². The molecule has 0 amide bonds. The van der Waals surface area contributed by atoms with Crippen LogP contribution in [0.25, 0.3) is 0 Å². The van der Waals surface area contributed by atoms with Gasteiger partial charge in [0.15, 0.2) is 0 Å². The van der Waals surface area contributed by atoms with Crippen LogP contribution in [-0.2, 0) is 22.4 Å². The highest BCUT2D eigenvalue weighted by Crippen LogP contribution is 2.34. The minimum absolute atomic E-state index is 0.223. The standard InChI is InChI=1S/C17H16BrNO2/c1-21-16(20)17(19-15-8-4-7-14(18)9-15)10-12-5-2-3-6-13(12)11-17/h2-9,19H,10-11H2,1H3. The predicted molar refractivity (Wildman–Crippen MR) is 86.4 cm³/mol. The lowest BCUT2D eigenvalue weighted by molar-refractivity contribution is -0.145. The van der Waals surface area contributed by atoms with Gasteiger partial charge in [-0.2, -0.15) is 0 Å². The maximum atomic E-state index is 12.4. The van der Waals surface area contributed by atoms with Gasteiger partial charge < -0.3 is 10.1 Å². The third-order valence-corrected chi connectivity index (χ3v) is 4.38. The van der Waals surface area contributed by atoms with Crippen LogP contribution in [0.15, 0.2) is 53.0 Å². The van der Waals surface area contributed by atoms with E-state index in [0.29, 0.717) is 12.8 Å². The van der Waals surface area contributed by atoms with Crippen molar-refractivity contribution < 1.29 is 9.53 Å². The van der Waals surface area contributed by atoms with Crippen LogP contribution in [0.3, 0.4) is 0 Å². The Morgan fingerprint density at radius 1 is 1.14 bits per heavy atom. The molecule has 108 valence electrons. The van der Waals surface area contributed by atoms with Crippen molar-refractivity contribution in [3.8, 4) is 0 Å². The fourth-order valence-corrected chi connectivity index (χ4v) is 3.34. The number of hydrogen-bond acceptors (Lipinski definition) is 3. The van der Waals surface area contributed by atoms with E-state index in [0.717, 1.165) is 10.2 Å².